The van der Waals surface area contributed by atoms with E-state index in [0.717, 1.165) is 46.4 Å². The van der Waals surface area contributed by atoms with Crippen molar-refractivity contribution in [2.24, 2.45) is 0 Å². The quantitative estimate of drug-likeness (QED) is 0.837. The number of benzene rings is 1. The fraction of sp³-hybridized carbons (Fsp3) is 0.357. The summed E-state index contributed by atoms with van der Waals surface area (Å²) in [5.41, 5.74) is 0. The van der Waals surface area contributed by atoms with Crippen molar-refractivity contribution < 1.29 is 17.6 Å². The van der Waals surface area contributed by atoms with E-state index in [2.05, 4.69) is 15.5 Å². The third-order valence-corrected chi connectivity index (χ3v) is 6.32. The summed E-state index contributed by atoms with van der Waals surface area (Å²) in [6.07, 6.45) is 2.17. The number of nitrogens with one attached hydrogen (secondary N) is 1. The van der Waals surface area contributed by atoms with Crippen LogP contribution in [0.15, 0.2) is 29.2 Å². The molecular formula is C14H15FN4O3S2. The second kappa shape index (κ2) is 6.54. The molecule has 0 saturated heterocycles. The van der Waals surface area contributed by atoms with E-state index in [-0.39, 0.29) is 11.4 Å². The molecule has 1 N–H and O–H groups in total. The number of hydrogen-bond acceptors (Lipinski definition) is 6. The molecule has 7 nitrogen and oxygen atoms in total. The zero-order chi connectivity index (χ0) is 17.3. The van der Waals surface area contributed by atoms with Crippen molar-refractivity contribution in [3.05, 3.63) is 35.1 Å². The minimum absolute atomic E-state index is 0.0777. The number of hydrogen-bond donors (Lipinski definition) is 1. The molecule has 0 aliphatic heterocycles. The Kier molecular flexibility index (Phi) is 4.61. The van der Waals surface area contributed by atoms with Gasteiger partial charge >= 0.3 is 0 Å². The van der Waals surface area contributed by atoms with Crippen LogP contribution in [0.5, 0.6) is 0 Å². The molecule has 3 rings (SSSR count). The molecule has 0 atom stereocenters. The van der Waals surface area contributed by atoms with Crippen molar-refractivity contribution in [2.75, 3.05) is 18.9 Å². The third kappa shape index (κ3) is 3.77. The third-order valence-electron chi connectivity index (χ3n) is 3.50. The van der Waals surface area contributed by atoms with Crippen molar-refractivity contribution in [1.82, 2.24) is 14.5 Å². The standard InChI is InChI=1S/C14H15FN4O3S2/c1-19(24(21,22)11-6-4-10(15)5-7-11)8-12(20)16-14-18-17-13(23-14)9-2-3-9/h4-7,9H,2-3,8H2,1H3,(H,16,18,20). The number of carbonyl (C=O) groups excluding carboxylic acids is 1. The monoisotopic (exact) mass is 370 g/mol. The highest BCUT2D eigenvalue weighted by molar-refractivity contribution is 7.89. The molecule has 2 aromatic rings. The molecule has 0 radical (unpaired) electrons. The Bertz CT molecular complexity index is 847. The van der Waals surface area contributed by atoms with E-state index in [9.17, 15) is 17.6 Å². The van der Waals surface area contributed by atoms with Crippen LogP contribution in [0.3, 0.4) is 0 Å². The van der Waals surface area contributed by atoms with Crippen molar-refractivity contribution in [2.45, 2.75) is 23.7 Å². The summed E-state index contributed by atoms with van der Waals surface area (Å²) in [4.78, 5) is 11.9. The molecule has 0 spiro atoms. The Morgan fingerprint density at radius 3 is 2.62 bits per heavy atom. The maximum absolute atomic E-state index is 12.9. The van der Waals surface area contributed by atoms with Gasteiger partial charge < -0.3 is 0 Å². The molecule has 1 saturated carbocycles. The Balaban J connectivity index is 1.63. The number of anilines is 1. The zero-order valence-corrected chi connectivity index (χ0v) is 14.4. The summed E-state index contributed by atoms with van der Waals surface area (Å²) in [7, 11) is -2.58. The minimum atomic E-state index is -3.87. The van der Waals surface area contributed by atoms with Gasteiger partial charge in [-0.2, -0.15) is 4.31 Å². The number of carbonyl (C=O) groups is 1. The average molecular weight is 370 g/mol. The van der Waals surface area contributed by atoms with Gasteiger partial charge in [-0.25, -0.2) is 12.8 Å². The molecule has 0 bridgehead atoms. The number of halogens is 1. The van der Waals surface area contributed by atoms with Gasteiger partial charge in [0.05, 0.1) is 11.4 Å². The fourth-order valence-electron chi connectivity index (χ4n) is 2.01. The molecule has 10 heteroatoms. The summed E-state index contributed by atoms with van der Waals surface area (Å²) in [5, 5.41) is 11.7. The first-order valence-electron chi connectivity index (χ1n) is 7.21. The molecule has 1 aliphatic carbocycles. The summed E-state index contributed by atoms with van der Waals surface area (Å²) in [6.45, 7) is -0.377. The molecule has 0 unspecified atom stereocenters. The van der Waals surface area contributed by atoms with Crippen LogP contribution in [0.25, 0.3) is 0 Å². The normalized spacial score (nSPS) is 14.8. The van der Waals surface area contributed by atoms with Gasteiger partial charge in [-0.15, -0.1) is 10.2 Å². The molecule has 1 amide bonds. The largest absolute Gasteiger partial charge is 0.299 e. The van der Waals surface area contributed by atoms with Crippen LogP contribution < -0.4 is 5.32 Å². The SMILES string of the molecule is CN(CC(=O)Nc1nnc(C2CC2)s1)S(=O)(=O)c1ccc(F)cc1. The number of sulfonamides is 1. The lowest BCUT2D eigenvalue weighted by Crippen LogP contribution is -2.34. The van der Waals surface area contributed by atoms with E-state index in [4.69, 9.17) is 0 Å². The molecular weight excluding hydrogens is 355 g/mol. The number of nitrogens with zero attached hydrogens (tertiary/aromatic N) is 3. The molecule has 1 fully saturated rings. The first kappa shape index (κ1) is 16.9. The van der Waals surface area contributed by atoms with Gasteiger partial charge in [0.2, 0.25) is 21.1 Å². The zero-order valence-electron chi connectivity index (χ0n) is 12.8. The Hall–Kier alpha value is -1.91. The van der Waals surface area contributed by atoms with E-state index in [1.807, 2.05) is 0 Å². The second-order valence-corrected chi connectivity index (χ2v) is 8.54. The lowest BCUT2D eigenvalue weighted by atomic mass is 10.4. The lowest BCUT2D eigenvalue weighted by molar-refractivity contribution is -0.116. The smallest absolute Gasteiger partial charge is 0.243 e. The predicted molar refractivity (Wildman–Crippen MR) is 86.7 cm³/mol. The summed E-state index contributed by atoms with van der Waals surface area (Å²) in [6, 6.07) is 4.43. The number of aromatic nitrogens is 2. The average Bonchev–Trinajstić information content (AvgIpc) is 3.28. The van der Waals surface area contributed by atoms with Crippen LogP contribution in [0.1, 0.15) is 23.8 Å². The Morgan fingerprint density at radius 2 is 2.00 bits per heavy atom. The van der Waals surface area contributed by atoms with Gasteiger partial charge in [-0.05, 0) is 37.1 Å². The topological polar surface area (TPSA) is 92.3 Å². The first-order chi connectivity index (χ1) is 11.4. The van der Waals surface area contributed by atoms with Crippen molar-refractivity contribution >= 4 is 32.4 Å². The highest BCUT2D eigenvalue weighted by atomic mass is 32.2. The minimum Gasteiger partial charge on any atom is -0.299 e. The molecule has 24 heavy (non-hydrogen) atoms. The van der Waals surface area contributed by atoms with Crippen LogP contribution in [0, 0.1) is 5.82 Å². The number of amides is 1. The van der Waals surface area contributed by atoms with Gasteiger partial charge in [0.25, 0.3) is 0 Å². The first-order valence-corrected chi connectivity index (χ1v) is 9.47. The molecule has 128 valence electrons. The van der Waals surface area contributed by atoms with Crippen LogP contribution in [-0.4, -0.2) is 42.4 Å². The van der Waals surface area contributed by atoms with Crippen molar-refractivity contribution in [1.29, 1.82) is 0 Å². The van der Waals surface area contributed by atoms with Crippen molar-refractivity contribution in [3.8, 4) is 0 Å². The van der Waals surface area contributed by atoms with E-state index >= 15 is 0 Å². The van der Waals surface area contributed by atoms with E-state index < -0.39 is 21.7 Å². The maximum atomic E-state index is 12.9. The van der Waals surface area contributed by atoms with Gasteiger partial charge in [0.15, 0.2) is 0 Å². The van der Waals surface area contributed by atoms with Crippen LogP contribution in [0.2, 0.25) is 0 Å². The van der Waals surface area contributed by atoms with Gasteiger partial charge in [-0.1, -0.05) is 11.3 Å². The second-order valence-electron chi connectivity index (χ2n) is 5.48. The molecule has 1 aromatic carbocycles. The Labute approximate surface area is 142 Å². The van der Waals surface area contributed by atoms with Crippen molar-refractivity contribution in [3.63, 3.8) is 0 Å². The van der Waals surface area contributed by atoms with E-state index in [1.54, 1.807) is 0 Å². The summed E-state index contributed by atoms with van der Waals surface area (Å²) >= 11 is 1.30. The number of likely N-dealkylation sites (N-methyl/N-ethyl adjacent to an activating group) is 1. The van der Waals surface area contributed by atoms with E-state index in [1.165, 1.54) is 18.4 Å². The van der Waals surface area contributed by atoms with E-state index in [0.29, 0.717) is 11.0 Å². The molecule has 1 aliphatic rings. The van der Waals surface area contributed by atoms with Crippen LogP contribution in [0.4, 0.5) is 9.52 Å². The molecule has 1 heterocycles. The van der Waals surface area contributed by atoms with Gasteiger partial charge in [-0.3, -0.25) is 10.1 Å². The highest BCUT2D eigenvalue weighted by Gasteiger charge is 2.28. The highest BCUT2D eigenvalue weighted by Crippen LogP contribution is 2.42. The summed E-state index contributed by atoms with van der Waals surface area (Å²) in [5.74, 6) is -0.603. The fourth-order valence-corrected chi connectivity index (χ4v) is 4.07. The Morgan fingerprint density at radius 1 is 1.33 bits per heavy atom. The van der Waals surface area contributed by atoms with Crippen LogP contribution in [-0.2, 0) is 14.8 Å². The predicted octanol–water partition coefficient (Wildman–Crippen LogP) is 1.81. The van der Waals surface area contributed by atoms with Crippen LogP contribution >= 0.6 is 11.3 Å². The lowest BCUT2D eigenvalue weighted by Gasteiger charge is -2.16. The van der Waals surface area contributed by atoms with Gasteiger partial charge in [0, 0.05) is 13.0 Å². The maximum Gasteiger partial charge on any atom is 0.243 e. The molecule has 1 aromatic heterocycles. The van der Waals surface area contributed by atoms with Gasteiger partial charge in [0.1, 0.15) is 10.8 Å². The summed E-state index contributed by atoms with van der Waals surface area (Å²) < 4.78 is 38.5. The number of rotatable bonds is 6.